The molecule has 0 aliphatic carbocycles. The van der Waals surface area contributed by atoms with Crippen LogP contribution in [-0.2, 0) is 20.8 Å². The van der Waals surface area contributed by atoms with Crippen LogP contribution in [-0.4, -0.2) is 72.8 Å². The Kier molecular flexibility index (Phi) is 4.75. The molecule has 24 heavy (non-hydrogen) atoms. The van der Waals surface area contributed by atoms with Crippen LogP contribution in [0.4, 0.5) is 0 Å². The van der Waals surface area contributed by atoms with E-state index in [1.54, 1.807) is 11.3 Å². The van der Waals surface area contributed by atoms with Crippen molar-refractivity contribution in [3.05, 3.63) is 29.3 Å². The van der Waals surface area contributed by atoms with Gasteiger partial charge in [0.15, 0.2) is 6.10 Å². The number of rotatable bonds is 3. The third kappa shape index (κ3) is 3.44. The van der Waals surface area contributed by atoms with Gasteiger partial charge >= 0.3 is 0 Å². The zero-order chi connectivity index (χ0) is 16.4. The lowest BCUT2D eigenvalue weighted by molar-refractivity contribution is -0.159. The van der Waals surface area contributed by atoms with E-state index >= 15 is 0 Å². The molecule has 0 radical (unpaired) electrons. The van der Waals surface area contributed by atoms with Crippen LogP contribution < -0.4 is 0 Å². The minimum absolute atomic E-state index is 0.0642. The van der Waals surface area contributed by atoms with Crippen molar-refractivity contribution in [2.75, 3.05) is 46.0 Å². The van der Waals surface area contributed by atoms with E-state index < -0.39 is 6.10 Å². The van der Waals surface area contributed by atoms with Gasteiger partial charge in [0.1, 0.15) is 5.01 Å². The highest BCUT2D eigenvalue weighted by Gasteiger charge is 2.30. The van der Waals surface area contributed by atoms with E-state index in [0.717, 1.165) is 43.2 Å². The molecule has 2 aliphatic heterocycles. The van der Waals surface area contributed by atoms with Gasteiger partial charge in [0.25, 0.3) is 5.91 Å². The highest BCUT2D eigenvalue weighted by atomic mass is 32.1. The standard InChI is InChI=1S/C17H21N3O3S/c21-17(14-12-22-9-10-23-14)20-7-5-19(6-8-20)11-16-18-13-3-1-2-4-15(13)24-16/h1-4,14H,5-12H2. The Balaban J connectivity index is 1.31. The van der Waals surface area contributed by atoms with Gasteiger partial charge in [-0.2, -0.15) is 0 Å². The van der Waals surface area contributed by atoms with Crippen molar-refractivity contribution in [2.45, 2.75) is 12.6 Å². The lowest BCUT2D eigenvalue weighted by atomic mass is 10.2. The molecule has 1 unspecified atom stereocenters. The number of thiazole rings is 1. The minimum Gasteiger partial charge on any atom is -0.376 e. The van der Waals surface area contributed by atoms with Crippen molar-refractivity contribution in [3.63, 3.8) is 0 Å². The third-order valence-electron chi connectivity index (χ3n) is 4.47. The van der Waals surface area contributed by atoms with Gasteiger partial charge in [0, 0.05) is 26.2 Å². The fourth-order valence-electron chi connectivity index (χ4n) is 3.14. The van der Waals surface area contributed by atoms with Crippen molar-refractivity contribution in [2.24, 2.45) is 0 Å². The molecule has 1 atom stereocenters. The number of hydrogen-bond donors (Lipinski definition) is 0. The van der Waals surface area contributed by atoms with Gasteiger partial charge in [-0.15, -0.1) is 11.3 Å². The van der Waals surface area contributed by atoms with Crippen LogP contribution in [0.25, 0.3) is 10.2 Å². The van der Waals surface area contributed by atoms with Gasteiger partial charge in [-0.1, -0.05) is 12.1 Å². The largest absolute Gasteiger partial charge is 0.376 e. The molecule has 2 aliphatic rings. The molecule has 0 saturated carbocycles. The molecule has 0 spiro atoms. The predicted octanol–water partition coefficient (Wildman–Crippen LogP) is 1.36. The summed E-state index contributed by atoms with van der Waals surface area (Å²) in [6, 6.07) is 8.23. The van der Waals surface area contributed by atoms with Crippen LogP contribution in [0.15, 0.2) is 24.3 Å². The molecule has 0 N–H and O–H groups in total. The Morgan fingerprint density at radius 1 is 1.21 bits per heavy atom. The molecule has 0 bridgehead atoms. The first-order valence-corrected chi connectivity index (χ1v) is 9.16. The lowest BCUT2D eigenvalue weighted by Gasteiger charge is -2.36. The number of hydrogen-bond acceptors (Lipinski definition) is 6. The second kappa shape index (κ2) is 7.14. The second-order valence-corrected chi connectivity index (χ2v) is 7.23. The summed E-state index contributed by atoms with van der Waals surface area (Å²) < 4.78 is 12.1. The van der Waals surface area contributed by atoms with E-state index in [1.165, 1.54) is 4.70 Å². The quantitative estimate of drug-likeness (QED) is 0.839. The number of amides is 1. The number of carbonyl (C=O) groups is 1. The van der Waals surface area contributed by atoms with Gasteiger partial charge in [-0.25, -0.2) is 4.98 Å². The highest BCUT2D eigenvalue weighted by molar-refractivity contribution is 7.18. The van der Waals surface area contributed by atoms with Crippen LogP contribution >= 0.6 is 11.3 Å². The lowest BCUT2D eigenvalue weighted by Crippen LogP contribution is -2.53. The molecule has 1 amide bonds. The van der Waals surface area contributed by atoms with Crippen molar-refractivity contribution < 1.29 is 14.3 Å². The Morgan fingerprint density at radius 2 is 2.04 bits per heavy atom. The first-order chi connectivity index (χ1) is 11.8. The topological polar surface area (TPSA) is 54.9 Å². The fraction of sp³-hybridized carbons (Fsp3) is 0.529. The normalized spacial score (nSPS) is 22.8. The number of aromatic nitrogens is 1. The average Bonchev–Trinajstić information content (AvgIpc) is 3.05. The molecule has 7 heteroatoms. The maximum atomic E-state index is 12.4. The molecule has 2 fully saturated rings. The molecule has 2 saturated heterocycles. The number of benzene rings is 1. The summed E-state index contributed by atoms with van der Waals surface area (Å²) in [6.45, 7) is 5.54. The van der Waals surface area contributed by atoms with Crippen LogP contribution in [0.3, 0.4) is 0 Å². The van der Waals surface area contributed by atoms with E-state index in [0.29, 0.717) is 19.8 Å². The Hall–Kier alpha value is -1.54. The smallest absolute Gasteiger partial charge is 0.254 e. The van der Waals surface area contributed by atoms with E-state index in [2.05, 4.69) is 17.0 Å². The minimum atomic E-state index is -0.422. The van der Waals surface area contributed by atoms with Crippen molar-refractivity contribution in [1.29, 1.82) is 0 Å². The predicted molar refractivity (Wildman–Crippen MR) is 92.0 cm³/mol. The zero-order valence-corrected chi connectivity index (χ0v) is 14.3. The number of piperazine rings is 1. The number of nitrogens with zero attached hydrogens (tertiary/aromatic N) is 3. The second-order valence-electron chi connectivity index (χ2n) is 6.11. The van der Waals surface area contributed by atoms with Gasteiger partial charge < -0.3 is 14.4 Å². The maximum absolute atomic E-state index is 12.4. The van der Waals surface area contributed by atoms with Crippen molar-refractivity contribution in [1.82, 2.24) is 14.8 Å². The van der Waals surface area contributed by atoms with E-state index in [9.17, 15) is 4.79 Å². The molecule has 128 valence electrons. The first kappa shape index (κ1) is 16.0. The van der Waals surface area contributed by atoms with E-state index in [4.69, 9.17) is 14.5 Å². The highest BCUT2D eigenvalue weighted by Crippen LogP contribution is 2.23. The van der Waals surface area contributed by atoms with E-state index in [1.807, 2.05) is 17.0 Å². The van der Waals surface area contributed by atoms with Gasteiger partial charge in [0.2, 0.25) is 0 Å². The molecule has 2 aromatic rings. The van der Waals surface area contributed by atoms with Crippen LogP contribution in [0, 0.1) is 0 Å². The van der Waals surface area contributed by atoms with Crippen LogP contribution in [0.5, 0.6) is 0 Å². The summed E-state index contributed by atoms with van der Waals surface area (Å²) in [6.07, 6.45) is -0.422. The van der Waals surface area contributed by atoms with E-state index in [-0.39, 0.29) is 5.91 Å². The van der Waals surface area contributed by atoms with Gasteiger partial charge in [-0.3, -0.25) is 9.69 Å². The molecular formula is C17H21N3O3S. The average molecular weight is 347 g/mol. The number of para-hydroxylation sites is 1. The summed E-state index contributed by atoms with van der Waals surface area (Å²) in [5.74, 6) is 0.0642. The van der Waals surface area contributed by atoms with Crippen molar-refractivity contribution >= 4 is 27.5 Å². The molecule has 1 aromatic heterocycles. The molecular weight excluding hydrogens is 326 g/mol. The SMILES string of the molecule is O=C(C1COCCO1)N1CCN(Cc2nc3ccccc3s2)CC1. The Morgan fingerprint density at radius 3 is 2.79 bits per heavy atom. The molecule has 4 rings (SSSR count). The molecule has 3 heterocycles. The number of fused-ring (bicyclic) bond motifs is 1. The number of ether oxygens (including phenoxy) is 2. The van der Waals surface area contributed by atoms with Crippen LogP contribution in [0.2, 0.25) is 0 Å². The summed E-state index contributed by atoms with van der Waals surface area (Å²) >= 11 is 1.75. The first-order valence-electron chi connectivity index (χ1n) is 8.34. The third-order valence-corrected chi connectivity index (χ3v) is 5.49. The summed E-state index contributed by atoms with van der Waals surface area (Å²) in [7, 11) is 0. The van der Waals surface area contributed by atoms with Crippen molar-refractivity contribution in [3.8, 4) is 0 Å². The number of carbonyl (C=O) groups excluding carboxylic acids is 1. The molecule has 6 nitrogen and oxygen atoms in total. The Labute approximate surface area is 145 Å². The fourth-order valence-corrected chi connectivity index (χ4v) is 4.15. The zero-order valence-electron chi connectivity index (χ0n) is 13.5. The molecule has 1 aromatic carbocycles. The summed E-state index contributed by atoms with van der Waals surface area (Å²) in [5, 5.41) is 1.14. The monoisotopic (exact) mass is 347 g/mol. The van der Waals surface area contributed by atoms with Crippen LogP contribution in [0.1, 0.15) is 5.01 Å². The summed E-state index contributed by atoms with van der Waals surface area (Å²) in [5.41, 5.74) is 1.07. The summed E-state index contributed by atoms with van der Waals surface area (Å²) in [4.78, 5) is 21.4. The van der Waals surface area contributed by atoms with Gasteiger partial charge in [-0.05, 0) is 12.1 Å². The maximum Gasteiger partial charge on any atom is 0.254 e. The van der Waals surface area contributed by atoms with Gasteiger partial charge in [0.05, 0.1) is 36.6 Å². The Bertz CT molecular complexity index is 673.